The number of carbonyl (C=O) groups excluding carboxylic acids is 1. The first-order chi connectivity index (χ1) is 10.6. The maximum atomic E-state index is 12.3. The van der Waals surface area contributed by atoms with Gasteiger partial charge in [-0.05, 0) is 31.8 Å². The minimum atomic E-state index is -0.405. The van der Waals surface area contributed by atoms with Gasteiger partial charge in [0.25, 0.3) is 0 Å². The molecule has 2 N–H and O–H groups in total. The smallest absolute Gasteiger partial charge is 0.358 e. The topological polar surface area (TPSA) is 68.2 Å². The van der Waals surface area contributed by atoms with Crippen LogP contribution < -0.4 is 10.6 Å². The minimum Gasteiger partial charge on any atom is -0.461 e. The van der Waals surface area contributed by atoms with Crippen molar-refractivity contribution in [1.29, 1.82) is 0 Å². The molecule has 22 heavy (non-hydrogen) atoms. The monoisotopic (exact) mass is 342 g/mol. The SMILES string of the molecule is C=CCNC(=S)Nc1nc(SC)n(CCC)c1C(=O)OCC. The number of anilines is 1. The van der Waals surface area contributed by atoms with Crippen LogP contribution in [0.1, 0.15) is 30.8 Å². The van der Waals surface area contributed by atoms with Crippen LogP contribution in [0.2, 0.25) is 0 Å². The summed E-state index contributed by atoms with van der Waals surface area (Å²) in [6, 6.07) is 0. The van der Waals surface area contributed by atoms with Gasteiger partial charge in [-0.2, -0.15) is 0 Å². The normalized spacial score (nSPS) is 10.1. The molecule has 0 amide bonds. The van der Waals surface area contributed by atoms with Gasteiger partial charge in [0.2, 0.25) is 0 Å². The third-order valence-electron chi connectivity index (χ3n) is 2.67. The zero-order valence-corrected chi connectivity index (χ0v) is 14.8. The molecule has 0 fully saturated rings. The molecule has 0 aliphatic rings. The number of nitrogens with one attached hydrogen (secondary N) is 2. The van der Waals surface area contributed by atoms with Crippen molar-refractivity contribution in [2.75, 3.05) is 24.7 Å². The Bertz CT molecular complexity index is 543. The summed E-state index contributed by atoms with van der Waals surface area (Å²) in [5.74, 6) is 0.00980. The third kappa shape index (κ3) is 4.74. The van der Waals surface area contributed by atoms with Crippen molar-refractivity contribution >= 4 is 40.9 Å². The number of nitrogens with zero attached hydrogens (tertiary/aromatic N) is 2. The number of imidazole rings is 1. The predicted octanol–water partition coefficient (Wildman–Crippen LogP) is 2.66. The van der Waals surface area contributed by atoms with Gasteiger partial charge < -0.3 is 19.9 Å². The summed E-state index contributed by atoms with van der Waals surface area (Å²) in [5.41, 5.74) is 0.399. The molecule has 0 unspecified atom stereocenters. The van der Waals surface area contributed by atoms with Crippen molar-refractivity contribution in [1.82, 2.24) is 14.9 Å². The van der Waals surface area contributed by atoms with E-state index in [4.69, 9.17) is 17.0 Å². The number of rotatable bonds is 8. The third-order valence-corrected chi connectivity index (χ3v) is 3.59. The Kier molecular flexibility index (Phi) is 7.97. The van der Waals surface area contributed by atoms with Crippen LogP contribution in [-0.4, -0.2) is 40.0 Å². The Morgan fingerprint density at radius 1 is 1.55 bits per heavy atom. The lowest BCUT2D eigenvalue weighted by Gasteiger charge is -2.11. The first-order valence-corrected chi connectivity index (χ1v) is 8.69. The van der Waals surface area contributed by atoms with E-state index in [9.17, 15) is 4.79 Å². The summed E-state index contributed by atoms with van der Waals surface area (Å²) in [6.07, 6.45) is 4.50. The van der Waals surface area contributed by atoms with Crippen LogP contribution in [0.15, 0.2) is 17.8 Å². The average molecular weight is 342 g/mol. The summed E-state index contributed by atoms with van der Waals surface area (Å²) < 4.78 is 7.01. The van der Waals surface area contributed by atoms with Gasteiger partial charge in [0.05, 0.1) is 6.61 Å². The molecule has 6 nitrogen and oxygen atoms in total. The van der Waals surface area contributed by atoms with E-state index in [2.05, 4.69) is 22.2 Å². The summed E-state index contributed by atoms with van der Waals surface area (Å²) in [5, 5.41) is 7.05. The van der Waals surface area contributed by atoms with Crippen LogP contribution in [0.4, 0.5) is 5.82 Å². The molecule has 8 heteroatoms. The quantitative estimate of drug-likeness (QED) is 0.326. The molecule has 0 aliphatic carbocycles. The Hall–Kier alpha value is -1.54. The highest BCUT2D eigenvalue weighted by atomic mass is 32.2. The molecule has 1 heterocycles. The molecule has 0 saturated heterocycles. The molecule has 0 saturated carbocycles. The summed E-state index contributed by atoms with van der Waals surface area (Å²) in [4.78, 5) is 16.7. The van der Waals surface area contributed by atoms with Crippen molar-refractivity contribution in [3.8, 4) is 0 Å². The second-order valence-electron chi connectivity index (χ2n) is 4.29. The van der Waals surface area contributed by atoms with E-state index in [0.29, 0.717) is 36.3 Å². The summed E-state index contributed by atoms with van der Waals surface area (Å²) in [7, 11) is 0. The van der Waals surface area contributed by atoms with E-state index in [1.54, 1.807) is 13.0 Å². The first kappa shape index (κ1) is 18.5. The molecule has 0 radical (unpaired) electrons. The molecule has 0 spiro atoms. The zero-order chi connectivity index (χ0) is 16.5. The van der Waals surface area contributed by atoms with Crippen LogP contribution >= 0.6 is 24.0 Å². The minimum absolute atomic E-state index is 0.309. The fourth-order valence-electron chi connectivity index (χ4n) is 1.83. The first-order valence-electron chi connectivity index (χ1n) is 7.06. The molecular formula is C14H22N4O2S2. The van der Waals surface area contributed by atoms with Gasteiger partial charge in [-0.15, -0.1) is 6.58 Å². The van der Waals surface area contributed by atoms with E-state index in [-0.39, 0.29) is 0 Å². The molecule has 0 bridgehead atoms. The average Bonchev–Trinajstić information content (AvgIpc) is 2.83. The second kappa shape index (κ2) is 9.47. The van der Waals surface area contributed by atoms with Crippen LogP contribution in [0.3, 0.4) is 0 Å². The van der Waals surface area contributed by atoms with Crippen molar-refractivity contribution in [3.05, 3.63) is 18.3 Å². The summed E-state index contributed by atoms with van der Waals surface area (Å²) in [6.45, 7) is 8.97. The molecule has 0 aromatic carbocycles. The number of carbonyl (C=O) groups is 1. The van der Waals surface area contributed by atoms with Crippen LogP contribution in [0.5, 0.6) is 0 Å². The highest BCUT2D eigenvalue weighted by Gasteiger charge is 2.24. The highest BCUT2D eigenvalue weighted by Crippen LogP contribution is 2.25. The van der Waals surface area contributed by atoms with E-state index in [1.165, 1.54) is 11.8 Å². The Labute approximate surface area is 140 Å². The van der Waals surface area contributed by atoms with Gasteiger partial charge >= 0.3 is 5.97 Å². The van der Waals surface area contributed by atoms with Gasteiger partial charge in [-0.25, -0.2) is 9.78 Å². The molecule has 0 atom stereocenters. The van der Waals surface area contributed by atoms with Crippen molar-refractivity contribution in [2.45, 2.75) is 32.0 Å². The molecule has 1 rings (SSSR count). The van der Waals surface area contributed by atoms with Crippen molar-refractivity contribution in [2.24, 2.45) is 0 Å². The van der Waals surface area contributed by atoms with E-state index in [1.807, 2.05) is 17.7 Å². The highest BCUT2D eigenvalue weighted by molar-refractivity contribution is 7.98. The lowest BCUT2D eigenvalue weighted by Crippen LogP contribution is -2.29. The van der Waals surface area contributed by atoms with Gasteiger partial charge in [-0.3, -0.25) is 0 Å². The van der Waals surface area contributed by atoms with Crippen LogP contribution in [0, 0.1) is 0 Å². The Morgan fingerprint density at radius 2 is 2.27 bits per heavy atom. The lowest BCUT2D eigenvalue weighted by molar-refractivity contribution is 0.0514. The summed E-state index contributed by atoms with van der Waals surface area (Å²) >= 11 is 6.66. The maximum Gasteiger partial charge on any atom is 0.358 e. The number of esters is 1. The van der Waals surface area contributed by atoms with Gasteiger partial charge in [0.15, 0.2) is 21.8 Å². The second-order valence-corrected chi connectivity index (χ2v) is 5.47. The standard InChI is InChI=1S/C14H22N4O2S2/c1-5-8-15-13(21)16-11-10(12(19)20-7-3)18(9-6-2)14(17-11)22-4/h5H,1,6-9H2,2-4H3,(H2,15,16,21). The van der Waals surface area contributed by atoms with Crippen molar-refractivity contribution < 1.29 is 9.53 Å². The Balaban J connectivity index is 3.15. The number of hydrogen-bond acceptors (Lipinski definition) is 5. The molecule has 0 aliphatic heterocycles. The number of thiocarbonyl (C=S) groups is 1. The number of thioether (sulfide) groups is 1. The number of ether oxygens (including phenoxy) is 1. The molecule has 1 aromatic rings. The van der Waals surface area contributed by atoms with E-state index < -0.39 is 5.97 Å². The van der Waals surface area contributed by atoms with Gasteiger partial charge in [0.1, 0.15) is 0 Å². The zero-order valence-electron chi connectivity index (χ0n) is 13.1. The number of aromatic nitrogens is 2. The Morgan fingerprint density at radius 3 is 2.82 bits per heavy atom. The molecule has 1 aromatic heterocycles. The van der Waals surface area contributed by atoms with Crippen LogP contribution in [-0.2, 0) is 11.3 Å². The predicted molar refractivity (Wildman–Crippen MR) is 94.7 cm³/mol. The largest absolute Gasteiger partial charge is 0.461 e. The molecular weight excluding hydrogens is 320 g/mol. The van der Waals surface area contributed by atoms with Gasteiger partial charge in [-0.1, -0.05) is 24.8 Å². The fourth-order valence-corrected chi connectivity index (χ4v) is 2.59. The maximum absolute atomic E-state index is 12.3. The number of hydrogen-bond donors (Lipinski definition) is 2. The van der Waals surface area contributed by atoms with Gasteiger partial charge in [0, 0.05) is 13.1 Å². The van der Waals surface area contributed by atoms with Crippen molar-refractivity contribution in [3.63, 3.8) is 0 Å². The van der Waals surface area contributed by atoms with E-state index in [0.717, 1.165) is 11.6 Å². The van der Waals surface area contributed by atoms with Crippen LogP contribution in [0.25, 0.3) is 0 Å². The fraction of sp³-hybridized carbons (Fsp3) is 0.500. The molecule has 122 valence electrons. The lowest BCUT2D eigenvalue weighted by atomic mass is 10.4. The van der Waals surface area contributed by atoms with E-state index >= 15 is 0 Å².